The Morgan fingerprint density at radius 2 is 2.21 bits per heavy atom. The Bertz CT molecular complexity index is 944. The van der Waals surface area contributed by atoms with Crippen LogP contribution in [0.2, 0.25) is 0 Å². The SMILES string of the molecule is O=C(c1cn[nH]c1-c1cccc(F)c1)N1CCCC(OCc2ccccn2)C1. The number of piperidine rings is 1. The second kappa shape index (κ2) is 8.31. The number of H-pyrrole nitrogens is 1. The van der Waals surface area contributed by atoms with Gasteiger partial charge in [-0.3, -0.25) is 14.9 Å². The first-order chi connectivity index (χ1) is 13.7. The number of likely N-dealkylation sites (tertiary alicyclic amines) is 1. The summed E-state index contributed by atoms with van der Waals surface area (Å²) in [6.07, 6.45) is 4.97. The minimum Gasteiger partial charge on any atom is -0.370 e. The Morgan fingerprint density at radius 1 is 1.29 bits per heavy atom. The standard InChI is InChI=1S/C21H21FN4O2/c22-16-6-3-5-15(11-16)20-19(12-24-25-20)21(27)26-10-4-8-18(13-26)28-14-17-7-1-2-9-23-17/h1-3,5-7,9,11-12,18H,4,8,10,13-14H2,(H,24,25). The second-order valence-electron chi connectivity index (χ2n) is 6.82. The van der Waals surface area contributed by atoms with Crippen molar-refractivity contribution in [2.24, 2.45) is 0 Å². The summed E-state index contributed by atoms with van der Waals surface area (Å²) < 4.78 is 19.5. The number of halogens is 1. The van der Waals surface area contributed by atoms with Gasteiger partial charge in [0.25, 0.3) is 5.91 Å². The van der Waals surface area contributed by atoms with Gasteiger partial charge in [-0.25, -0.2) is 4.39 Å². The van der Waals surface area contributed by atoms with E-state index in [2.05, 4.69) is 15.2 Å². The van der Waals surface area contributed by atoms with Gasteiger partial charge in [0, 0.05) is 24.8 Å². The Kier molecular flexibility index (Phi) is 5.43. The predicted octanol–water partition coefficient (Wildman–Crippen LogP) is 3.43. The first-order valence-corrected chi connectivity index (χ1v) is 9.31. The summed E-state index contributed by atoms with van der Waals surface area (Å²) in [6.45, 7) is 1.60. The zero-order valence-corrected chi connectivity index (χ0v) is 15.3. The molecule has 0 aliphatic carbocycles. The number of ether oxygens (including phenoxy) is 1. The molecule has 4 rings (SSSR count). The molecule has 1 aliphatic heterocycles. The van der Waals surface area contributed by atoms with E-state index in [0.717, 1.165) is 18.5 Å². The van der Waals surface area contributed by atoms with E-state index in [1.54, 1.807) is 23.2 Å². The molecule has 0 radical (unpaired) electrons. The van der Waals surface area contributed by atoms with Crippen molar-refractivity contribution in [1.29, 1.82) is 0 Å². The van der Waals surface area contributed by atoms with Crippen LogP contribution in [-0.2, 0) is 11.3 Å². The molecule has 3 aromatic rings. The Morgan fingerprint density at radius 3 is 3.04 bits per heavy atom. The van der Waals surface area contributed by atoms with Crippen LogP contribution in [0.15, 0.2) is 54.9 Å². The molecule has 1 atom stereocenters. The lowest BCUT2D eigenvalue weighted by Crippen LogP contribution is -2.43. The molecule has 7 heteroatoms. The maximum absolute atomic E-state index is 13.6. The lowest BCUT2D eigenvalue weighted by Gasteiger charge is -2.32. The number of pyridine rings is 1. The Balaban J connectivity index is 1.44. The molecule has 1 amide bonds. The van der Waals surface area contributed by atoms with Crippen LogP contribution in [0, 0.1) is 5.82 Å². The summed E-state index contributed by atoms with van der Waals surface area (Å²) in [4.78, 5) is 19.1. The molecule has 1 N–H and O–H groups in total. The Hall–Kier alpha value is -3.06. The molecule has 6 nitrogen and oxygen atoms in total. The molecule has 144 valence electrons. The van der Waals surface area contributed by atoms with Crippen molar-refractivity contribution in [3.8, 4) is 11.3 Å². The van der Waals surface area contributed by atoms with E-state index in [-0.39, 0.29) is 17.8 Å². The van der Waals surface area contributed by atoms with Crippen LogP contribution in [0.25, 0.3) is 11.3 Å². The van der Waals surface area contributed by atoms with Crippen molar-refractivity contribution in [3.63, 3.8) is 0 Å². The maximum Gasteiger partial charge on any atom is 0.257 e. The largest absolute Gasteiger partial charge is 0.370 e. The fraction of sp³-hybridized carbons (Fsp3) is 0.286. The topological polar surface area (TPSA) is 71.1 Å². The van der Waals surface area contributed by atoms with E-state index in [9.17, 15) is 9.18 Å². The highest BCUT2D eigenvalue weighted by Gasteiger charge is 2.27. The van der Waals surface area contributed by atoms with Crippen LogP contribution in [0.4, 0.5) is 4.39 Å². The summed E-state index contributed by atoms with van der Waals surface area (Å²) in [5.74, 6) is -0.481. The van der Waals surface area contributed by atoms with Crippen molar-refractivity contribution >= 4 is 5.91 Å². The van der Waals surface area contributed by atoms with Gasteiger partial charge in [-0.2, -0.15) is 5.10 Å². The van der Waals surface area contributed by atoms with Crippen molar-refractivity contribution in [2.75, 3.05) is 13.1 Å². The maximum atomic E-state index is 13.6. The van der Waals surface area contributed by atoms with Gasteiger partial charge in [-0.05, 0) is 37.1 Å². The van der Waals surface area contributed by atoms with E-state index in [0.29, 0.717) is 36.5 Å². The van der Waals surface area contributed by atoms with E-state index in [4.69, 9.17) is 4.74 Å². The molecular formula is C21H21FN4O2. The molecule has 1 unspecified atom stereocenters. The van der Waals surface area contributed by atoms with Crippen LogP contribution < -0.4 is 0 Å². The summed E-state index contributed by atoms with van der Waals surface area (Å²) in [5.41, 5.74) is 2.44. The van der Waals surface area contributed by atoms with Crippen molar-refractivity contribution < 1.29 is 13.9 Å². The molecule has 1 aliphatic rings. The van der Waals surface area contributed by atoms with Crippen LogP contribution in [0.5, 0.6) is 0 Å². The van der Waals surface area contributed by atoms with Gasteiger partial charge >= 0.3 is 0 Å². The minimum absolute atomic E-state index is 0.0378. The number of carbonyl (C=O) groups excluding carboxylic acids is 1. The molecular weight excluding hydrogens is 359 g/mol. The minimum atomic E-state index is -0.355. The summed E-state index contributed by atoms with van der Waals surface area (Å²) in [6, 6.07) is 11.8. The number of aromatic amines is 1. The number of amides is 1. The molecule has 3 heterocycles. The van der Waals surface area contributed by atoms with Crippen LogP contribution >= 0.6 is 0 Å². The van der Waals surface area contributed by atoms with Crippen LogP contribution in [-0.4, -0.2) is 45.2 Å². The number of aromatic nitrogens is 3. The number of rotatable bonds is 5. The lowest BCUT2D eigenvalue weighted by molar-refractivity contribution is -0.00783. The zero-order valence-electron chi connectivity index (χ0n) is 15.3. The van der Waals surface area contributed by atoms with Crippen LogP contribution in [0.1, 0.15) is 28.9 Å². The zero-order chi connectivity index (χ0) is 19.3. The number of hydrogen-bond acceptors (Lipinski definition) is 4. The average molecular weight is 380 g/mol. The molecule has 28 heavy (non-hydrogen) atoms. The van der Waals surface area contributed by atoms with E-state index in [1.165, 1.54) is 18.3 Å². The quantitative estimate of drug-likeness (QED) is 0.736. The van der Waals surface area contributed by atoms with E-state index in [1.807, 2.05) is 18.2 Å². The molecule has 1 fully saturated rings. The van der Waals surface area contributed by atoms with Gasteiger partial charge in [0.05, 0.1) is 35.9 Å². The third kappa shape index (κ3) is 4.09. The van der Waals surface area contributed by atoms with Gasteiger partial charge in [0.2, 0.25) is 0 Å². The molecule has 1 aromatic carbocycles. The number of nitrogens with zero attached hydrogens (tertiary/aromatic N) is 3. The van der Waals surface area contributed by atoms with Gasteiger partial charge in [-0.15, -0.1) is 0 Å². The first kappa shape index (κ1) is 18.3. The third-order valence-electron chi connectivity index (χ3n) is 4.84. The van der Waals surface area contributed by atoms with Gasteiger partial charge in [0.1, 0.15) is 5.82 Å². The van der Waals surface area contributed by atoms with Crippen molar-refractivity contribution in [1.82, 2.24) is 20.1 Å². The third-order valence-corrected chi connectivity index (χ3v) is 4.84. The number of nitrogens with one attached hydrogen (secondary N) is 1. The van der Waals surface area contributed by atoms with Crippen LogP contribution in [0.3, 0.4) is 0 Å². The average Bonchev–Trinajstić information content (AvgIpc) is 3.23. The summed E-state index contributed by atoms with van der Waals surface area (Å²) in [7, 11) is 0. The van der Waals surface area contributed by atoms with Gasteiger partial charge < -0.3 is 9.64 Å². The molecule has 1 saturated heterocycles. The highest BCUT2D eigenvalue weighted by atomic mass is 19.1. The molecule has 0 saturated carbocycles. The summed E-state index contributed by atoms with van der Waals surface area (Å²) >= 11 is 0. The number of benzene rings is 1. The van der Waals surface area contributed by atoms with Crippen molar-refractivity contribution in [2.45, 2.75) is 25.6 Å². The first-order valence-electron chi connectivity index (χ1n) is 9.31. The van der Waals surface area contributed by atoms with Gasteiger partial charge in [0.15, 0.2) is 0 Å². The van der Waals surface area contributed by atoms with Gasteiger partial charge in [-0.1, -0.05) is 18.2 Å². The predicted molar refractivity (Wildman–Crippen MR) is 102 cm³/mol. The Labute approximate surface area is 162 Å². The highest BCUT2D eigenvalue weighted by Crippen LogP contribution is 2.25. The fourth-order valence-electron chi connectivity index (χ4n) is 3.43. The van der Waals surface area contributed by atoms with E-state index < -0.39 is 0 Å². The molecule has 0 bridgehead atoms. The van der Waals surface area contributed by atoms with Crippen molar-refractivity contribution in [3.05, 3.63) is 71.9 Å². The lowest BCUT2D eigenvalue weighted by atomic mass is 10.0. The number of carbonyl (C=O) groups is 1. The fourth-order valence-corrected chi connectivity index (χ4v) is 3.43. The second-order valence-corrected chi connectivity index (χ2v) is 6.82. The monoisotopic (exact) mass is 380 g/mol. The smallest absolute Gasteiger partial charge is 0.257 e. The molecule has 0 spiro atoms. The van der Waals surface area contributed by atoms with E-state index >= 15 is 0 Å². The summed E-state index contributed by atoms with van der Waals surface area (Å²) in [5, 5.41) is 6.83. The highest BCUT2D eigenvalue weighted by molar-refractivity contribution is 5.99. The molecule has 2 aromatic heterocycles. The number of hydrogen-bond donors (Lipinski definition) is 1. The normalized spacial score (nSPS) is 16.9.